The maximum atomic E-state index is 5.64. The quantitative estimate of drug-likeness (QED) is 0.797. The van der Waals surface area contributed by atoms with Crippen LogP contribution in [0.1, 0.15) is 11.1 Å². The molecule has 0 aliphatic carbocycles. The van der Waals surface area contributed by atoms with Gasteiger partial charge >= 0.3 is 0 Å². The Kier molecular flexibility index (Phi) is 3.06. The van der Waals surface area contributed by atoms with Crippen LogP contribution >= 0.6 is 11.6 Å². The van der Waals surface area contributed by atoms with Gasteiger partial charge in [-0.2, -0.15) is 0 Å². The molecule has 16 heavy (non-hydrogen) atoms. The lowest BCUT2D eigenvalue weighted by Gasteiger charge is -2.07. The highest BCUT2D eigenvalue weighted by Crippen LogP contribution is 2.24. The van der Waals surface area contributed by atoms with Crippen molar-refractivity contribution in [3.05, 3.63) is 46.6 Å². The molecule has 0 saturated heterocycles. The maximum absolute atomic E-state index is 5.64. The van der Waals surface area contributed by atoms with Crippen molar-refractivity contribution in [3.8, 4) is 11.6 Å². The molecular weight excluding hydrogens is 224 g/mol. The van der Waals surface area contributed by atoms with E-state index in [0.29, 0.717) is 11.0 Å². The highest BCUT2D eigenvalue weighted by Gasteiger charge is 2.02. The van der Waals surface area contributed by atoms with Gasteiger partial charge in [0.2, 0.25) is 5.88 Å². The van der Waals surface area contributed by atoms with Crippen molar-refractivity contribution in [2.45, 2.75) is 13.8 Å². The zero-order valence-corrected chi connectivity index (χ0v) is 9.82. The second-order valence-corrected chi connectivity index (χ2v) is 3.95. The molecule has 0 aliphatic heterocycles. The van der Waals surface area contributed by atoms with Crippen LogP contribution in [0.3, 0.4) is 0 Å². The minimum atomic E-state index is 0.355. The van der Waals surface area contributed by atoms with Gasteiger partial charge in [0.15, 0.2) is 5.15 Å². The van der Waals surface area contributed by atoms with Gasteiger partial charge in [-0.15, -0.1) is 10.2 Å². The Balaban J connectivity index is 2.23. The summed E-state index contributed by atoms with van der Waals surface area (Å²) >= 11 is 5.64. The Morgan fingerprint density at radius 1 is 1.06 bits per heavy atom. The second-order valence-electron chi connectivity index (χ2n) is 3.57. The van der Waals surface area contributed by atoms with E-state index in [2.05, 4.69) is 16.3 Å². The lowest BCUT2D eigenvalue weighted by atomic mass is 10.1. The molecule has 0 radical (unpaired) electrons. The number of aryl methyl sites for hydroxylation is 2. The lowest BCUT2D eigenvalue weighted by Crippen LogP contribution is -1.92. The van der Waals surface area contributed by atoms with E-state index in [-0.39, 0.29) is 0 Å². The predicted molar refractivity (Wildman–Crippen MR) is 63.0 cm³/mol. The number of nitrogens with zero attached hydrogens (tertiary/aromatic N) is 2. The molecule has 4 heteroatoms. The average Bonchev–Trinajstić information content (AvgIpc) is 2.25. The van der Waals surface area contributed by atoms with Crippen LogP contribution in [0.15, 0.2) is 30.3 Å². The molecular formula is C12H11ClN2O. The highest BCUT2D eigenvalue weighted by molar-refractivity contribution is 6.29. The van der Waals surface area contributed by atoms with Gasteiger partial charge in [0.05, 0.1) is 0 Å². The van der Waals surface area contributed by atoms with E-state index in [1.54, 1.807) is 12.1 Å². The van der Waals surface area contributed by atoms with Crippen molar-refractivity contribution in [1.82, 2.24) is 10.2 Å². The van der Waals surface area contributed by atoms with Gasteiger partial charge in [-0.3, -0.25) is 0 Å². The summed E-state index contributed by atoms with van der Waals surface area (Å²) < 4.78 is 5.59. The first-order chi connectivity index (χ1) is 7.65. The smallest absolute Gasteiger partial charge is 0.238 e. The molecule has 0 bridgehead atoms. The van der Waals surface area contributed by atoms with Crippen molar-refractivity contribution in [2.75, 3.05) is 0 Å². The maximum Gasteiger partial charge on any atom is 0.238 e. The van der Waals surface area contributed by atoms with Gasteiger partial charge in [0.1, 0.15) is 5.75 Å². The standard InChI is InChI=1S/C12H11ClN2O/c1-8-3-4-10(9(2)7-8)16-12-6-5-11(13)14-15-12/h3-7H,1-2H3. The fourth-order valence-electron chi connectivity index (χ4n) is 1.38. The summed E-state index contributed by atoms with van der Waals surface area (Å²) in [6.07, 6.45) is 0. The summed E-state index contributed by atoms with van der Waals surface area (Å²) in [5.74, 6) is 1.22. The second kappa shape index (κ2) is 4.49. The van der Waals surface area contributed by atoms with Crippen LogP contribution in [0, 0.1) is 13.8 Å². The molecule has 1 heterocycles. The van der Waals surface area contributed by atoms with Crippen LogP contribution in [-0.2, 0) is 0 Å². The van der Waals surface area contributed by atoms with Gasteiger partial charge in [-0.1, -0.05) is 29.3 Å². The minimum absolute atomic E-state index is 0.355. The van der Waals surface area contributed by atoms with Crippen LogP contribution in [0.2, 0.25) is 5.15 Å². The summed E-state index contributed by atoms with van der Waals surface area (Å²) in [5, 5.41) is 7.90. The number of hydrogen-bond acceptors (Lipinski definition) is 3. The molecule has 1 aromatic heterocycles. The van der Waals surface area contributed by atoms with Crippen molar-refractivity contribution in [1.29, 1.82) is 0 Å². The van der Waals surface area contributed by atoms with Gasteiger partial charge in [-0.25, -0.2) is 0 Å². The molecule has 0 atom stereocenters. The third-order valence-electron chi connectivity index (χ3n) is 2.15. The molecule has 82 valence electrons. The summed E-state index contributed by atoms with van der Waals surface area (Å²) in [5.41, 5.74) is 2.27. The molecule has 2 rings (SSSR count). The van der Waals surface area contributed by atoms with E-state index in [1.807, 2.05) is 26.0 Å². The van der Waals surface area contributed by atoms with Crippen molar-refractivity contribution in [3.63, 3.8) is 0 Å². The Hall–Kier alpha value is -1.61. The molecule has 2 aromatic rings. The Labute approximate surface area is 99.0 Å². The summed E-state index contributed by atoms with van der Waals surface area (Å²) in [4.78, 5) is 0. The highest BCUT2D eigenvalue weighted by atomic mass is 35.5. The molecule has 0 fully saturated rings. The van der Waals surface area contributed by atoms with Crippen LogP contribution in [-0.4, -0.2) is 10.2 Å². The van der Waals surface area contributed by atoms with Gasteiger partial charge < -0.3 is 4.74 Å². The zero-order valence-electron chi connectivity index (χ0n) is 9.07. The summed E-state index contributed by atoms with van der Waals surface area (Å²) in [6, 6.07) is 9.30. The molecule has 0 amide bonds. The van der Waals surface area contributed by atoms with Gasteiger partial charge in [0, 0.05) is 6.07 Å². The Morgan fingerprint density at radius 3 is 2.50 bits per heavy atom. The van der Waals surface area contributed by atoms with E-state index in [4.69, 9.17) is 16.3 Å². The Morgan fingerprint density at radius 2 is 1.88 bits per heavy atom. The van der Waals surface area contributed by atoms with Crippen molar-refractivity contribution in [2.24, 2.45) is 0 Å². The van der Waals surface area contributed by atoms with Crippen molar-refractivity contribution >= 4 is 11.6 Å². The van der Waals surface area contributed by atoms with Crippen LogP contribution in [0.4, 0.5) is 0 Å². The SMILES string of the molecule is Cc1ccc(Oc2ccc(Cl)nn2)c(C)c1. The van der Waals surface area contributed by atoms with Crippen molar-refractivity contribution < 1.29 is 4.74 Å². The largest absolute Gasteiger partial charge is 0.437 e. The lowest BCUT2D eigenvalue weighted by molar-refractivity contribution is 0.452. The first-order valence-corrected chi connectivity index (χ1v) is 5.27. The number of halogens is 1. The van der Waals surface area contributed by atoms with Crippen LogP contribution in [0.5, 0.6) is 11.6 Å². The fourth-order valence-corrected chi connectivity index (χ4v) is 1.49. The third kappa shape index (κ3) is 2.49. The molecule has 0 saturated carbocycles. The third-order valence-corrected chi connectivity index (χ3v) is 2.35. The minimum Gasteiger partial charge on any atom is -0.437 e. The zero-order chi connectivity index (χ0) is 11.5. The molecule has 0 aliphatic rings. The number of benzene rings is 1. The molecule has 1 aromatic carbocycles. The summed E-state index contributed by atoms with van der Waals surface area (Å²) in [7, 11) is 0. The monoisotopic (exact) mass is 234 g/mol. The number of rotatable bonds is 2. The molecule has 0 N–H and O–H groups in total. The average molecular weight is 235 g/mol. The summed E-state index contributed by atoms with van der Waals surface area (Å²) in [6.45, 7) is 4.03. The van der Waals surface area contributed by atoms with E-state index >= 15 is 0 Å². The molecule has 0 spiro atoms. The number of hydrogen-bond donors (Lipinski definition) is 0. The molecule has 0 unspecified atom stereocenters. The topological polar surface area (TPSA) is 35.0 Å². The first-order valence-electron chi connectivity index (χ1n) is 4.89. The predicted octanol–water partition coefficient (Wildman–Crippen LogP) is 3.54. The Bertz CT molecular complexity index is 497. The van der Waals surface area contributed by atoms with Crippen LogP contribution < -0.4 is 4.74 Å². The van der Waals surface area contributed by atoms with Gasteiger partial charge in [-0.05, 0) is 31.5 Å². The first kappa shape index (κ1) is 10.9. The van der Waals surface area contributed by atoms with Crippen LogP contribution in [0.25, 0.3) is 0 Å². The van der Waals surface area contributed by atoms with E-state index in [1.165, 1.54) is 5.56 Å². The van der Waals surface area contributed by atoms with E-state index in [9.17, 15) is 0 Å². The van der Waals surface area contributed by atoms with Gasteiger partial charge in [0.25, 0.3) is 0 Å². The normalized spacial score (nSPS) is 10.2. The number of aromatic nitrogens is 2. The number of ether oxygens (including phenoxy) is 1. The van der Waals surface area contributed by atoms with E-state index in [0.717, 1.165) is 11.3 Å². The fraction of sp³-hybridized carbons (Fsp3) is 0.167. The van der Waals surface area contributed by atoms with E-state index < -0.39 is 0 Å². The molecule has 3 nitrogen and oxygen atoms in total.